The first kappa shape index (κ1) is 17.9. The second kappa shape index (κ2) is 6.90. The molecule has 0 radical (unpaired) electrons. The minimum atomic E-state index is -0.623. The number of hydrogen-bond acceptors (Lipinski definition) is 6. The third-order valence-electron chi connectivity index (χ3n) is 4.37. The maximum Gasteiger partial charge on any atom is 0.268 e. The van der Waals surface area contributed by atoms with Gasteiger partial charge in [0.25, 0.3) is 5.91 Å². The largest absolute Gasteiger partial charge is 0.441 e. The van der Waals surface area contributed by atoms with Gasteiger partial charge in [0.1, 0.15) is 16.2 Å². The van der Waals surface area contributed by atoms with Crippen molar-refractivity contribution in [2.75, 3.05) is 29.9 Å². The quantitative estimate of drug-likeness (QED) is 0.714. The maximum atomic E-state index is 14.4. The summed E-state index contributed by atoms with van der Waals surface area (Å²) in [7, 11) is 0. The van der Waals surface area contributed by atoms with Crippen LogP contribution < -0.4 is 15.5 Å². The Morgan fingerprint density at radius 1 is 1.37 bits per heavy atom. The van der Waals surface area contributed by atoms with Gasteiger partial charge < -0.3 is 20.0 Å². The number of thiophene rings is 1. The van der Waals surface area contributed by atoms with Crippen molar-refractivity contribution in [2.24, 2.45) is 0 Å². The molecule has 27 heavy (non-hydrogen) atoms. The zero-order valence-corrected chi connectivity index (χ0v) is 15.6. The van der Waals surface area contributed by atoms with Crippen LogP contribution in [0, 0.1) is 18.6 Å². The van der Waals surface area contributed by atoms with Crippen LogP contribution in [-0.4, -0.2) is 36.6 Å². The molecule has 4 rings (SSSR count). The van der Waals surface area contributed by atoms with Crippen LogP contribution in [0.5, 0.6) is 0 Å². The fourth-order valence-corrected chi connectivity index (χ4v) is 4.13. The van der Waals surface area contributed by atoms with Crippen LogP contribution in [0.15, 0.2) is 22.6 Å². The summed E-state index contributed by atoms with van der Waals surface area (Å²) >= 11 is 1.09. The molecule has 1 saturated heterocycles. The van der Waals surface area contributed by atoms with E-state index in [-0.39, 0.29) is 21.7 Å². The highest BCUT2D eigenvalue weighted by molar-refractivity contribution is 7.18. The molecule has 0 saturated carbocycles. The van der Waals surface area contributed by atoms with E-state index in [0.29, 0.717) is 16.9 Å². The molecule has 0 aliphatic carbocycles. The molecule has 3 aromatic rings. The van der Waals surface area contributed by atoms with Crippen LogP contribution in [-0.2, 0) is 0 Å². The highest BCUT2D eigenvalue weighted by atomic mass is 32.1. The lowest BCUT2D eigenvalue weighted by Crippen LogP contribution is -2.49. The summed E-state index contributed by atoms with van der Waals surface area (Å²) in [6.07, 6.45) is 0. The van der Waals surface area contributed by atoms with Crippen molar-refractivity contribution in [1.29, 1.82) is 0 Å². The fourth-order valence-electron chi connectivity index (χ4n) is 3.16. The lowest BCUT2D eigenvalue weighted by molar-refractivity contribution is 0.102. The molecule has 2 N–H and O–H groups in total. The van der Waals surface area contributed by atoms with Gasteiger partial charge in [-0.05, 0) is 13.0 Å². The number of fused-ring (bicyclic) bond motifs is 1. The zero-order valence-electron chi connectivity index (χ0n) is 14.8. The molecule has 6 nitrogen and oxygen atoms in total. The van der Waals surface area contributed by atoms with E-state index in [2.05, 4.69) is 27.4 Å². The number of halogens is 2. The smallest absolute Gasteiger partial charge is 0.268 e. The van der Waals surface area contributed by atoms with Crippen molar-refractivity contribution in [1.82, 2.24) is 10.3 Å². The summed E-state index contributed by atoms with van der Waals surface area (Å²) in [5, 5.41) is 6.57. The first-order valence-corrected chi connectivity index (χ1v) is 9.38. The van der Waals surface area contributed by atoms with Crippen LogP contribution in [0.2, 0.25) is 0 Å². The molecule has 9 heteroatoms. The number of oxazole rings is 1. The molecule has 1 fully saturated rings. The van der Waals surface area contributed by atoms with Crippen molar-refractivity contribution in [2.45, 2.75) is 19.9 Å². The molecule has 1 aromatic carbocycles. The molecular formula is C18H18F2N4O2S. The van der Waals surface area contributed by atoms with E-state index in [1.165, 1.54) is 12.1 Å². The maximum absolute atomic E-state index is 14.4. The Balaban J connectivity index is 1.56. The van der Waals surface area contributed by atoms with Crippen LogP contribution in [0.4, 0.5) is 19.5 Å². The van der Waals surface area contributed by atoms with Gasteiger partial charge in [0.05, 0.1) is 5.00 Å². The van der Waals surface area contributed by atoms with Crippen LogP contribution in [0.25, 0.3) is 11.1 Å². The van der Waals surface area contributed by atoms with E-state index in [1.54, 1.807) is 6.92 Å². The highest BCUT2D eigenvalue weighted by Gasteiger charge is 2.23. The van der Waals surface area contributed by atoms with Crippen molar-refractivity contribution < 1.29 is 18.0 Å². The Hall–Kier alpha value is -2.52. The monoisotopic (exact) mass is 392 g/mol. The van der Waals surface area contributed by atoms with E-state index in [0.717, 1.165) is 37.0 Å². The Morgan fingerprint density at radius 3 is 2.96 bits per heavy atom. The number of aryl methyl sites for hydroxylation is 1. The number of aromatic nitrogens is 1. The zero-order chi connectivity index (χ0) is 19.1. The minimum Gasteiger partial charge on any atom is -0.441 e. The molecule has 1 aliphatic rings. The van der Waals surface area contributed by atoms with Gasteiger partial charge in [-0.2, -0.15) is 0 Å². The molecule has 1 aliphatic heterocycles. The van der Waals surface area contributed by atoms with Gasteiger partial charge in [-0.15, -0.1) is 11.3 Å². The molecule has 142 valence electrons. The predicted octanol–water partition coefficient (Wildman–Crippen LogP) is 3.53. The Labute approximate surface area is 158 Å². The molecule has 3 heterocycles. The minimum absolute atomic E-state index is 0.0366. The van der Waals surface area contributed by atoms with E-state index in [4.69, 9.17) is 4.42 Å². The standard InChI is InChI=1S/C18H18F2N4O2S/c1-9-8-24(4-3-21-9)15-7-13(20)17(27-15)18(25)23-11-5-12(19)16-14(6-11)26-10(2)22-16/h5-7,9,21H,3-4,8H2,1-2H3,(H,23,25). The molecule has 0 spiro atoms. The third-order valence-corrected chi connectivity index (χ3v) is 5.54. The van der Waals surface area contributed by atoms with Gasteiger partial charge in [-0.3, -0.25) is 4.79 Å². The van der Waals surface area contributed by atoms with Gasteiger partial charge in [0, 0.05) is 50.4 Å². The first-order chi connectivity index (χ1) is 12.9. The number of nitrogens with zero attached hydrogens (tertiary/aromatic N) is 2. The average molecular weight is 392 g/mol. The SMILES string of the molecule is Cc1nc2c(F)cc(NC(=O)c3sc(N4CCNC(C)C4)cc3F)cc2o1. The number of anilines is 2. The van der Waals surface area contributed by atoms with Gasteiger partial charge in [-0.25, -0.2) is 13.8 Å². The van der Waals surface area contributed by atoms with Crippen molar-refractivity contribution >= 4 is 39.0 Å². The lowest BCUT2D eigenvalue weighted by Gasteiger charge is -2.32. The normalized spacial score (nSPS) is 17.5. The van der Waals surface area contributed by atoms with Crippen molar-refractivity contribution in [3.8, 4) is 0 Å². The molecular weight excluding hydrogens is 374 g/mol. The molecule has 2 aromatic heterocycles. The number of benzene rings is 1. The predicted molar refractivity (Wildman–Crippen MR) is 101 cm³/mol. The Morgan fingerprint density at radius 2 is 2.19 bits per heavy atom. The molecule has 1 atom stereocenters. The first-order valence-electron chi connectivity index (χ1n) is 8.56. The number of rotatable bonds is 3. The number of carbonyl (C=O) groups is 1. The second-order valence-electron chi connectivity index (χ2n) is 6.55. The molecule has 1 unspecified atom stereocenters. The number of hydrogen-bond donors (Lipinski definition) is 2. The topological polar surface area (TPSA) is 70.4 Å². The lowest BCUT2D eigenvalue weighted by atomic mass is 10.2. The number of nitrogens with one attached hydrogen (secondary N) is 2. The van der Waals surface area contributed by atoms with Crippen molar-refractivity contribution in [3.63, 3.8) is 0 Å². The summed E-state index contributed by atoms with van der Waals surface area (Å²) in [6, 6.07) is 4.29. The highest BCUT2D eigenvalue weighted by Crippen LogP contribution is 2.31. The third kappa shape index (κ3) is 3.52. The molecule has 1 amide bonds. The Kier molecular flexibility index (Phi) is 4.56. The number of amides is 1. The van der Waals surface area contributed by atoms with E-state index in [9.17, 15) is 13.6 Å². The van der Waals surface area contributed by atoms with Gasteiger partial charge in [-0.1, -0.05) is 0 Å². The fraction of sp³-hybridized carbons (Fsp3) is 0.333. The average Bonchev–Trinajstić information content (AvgIpc) is 3.17. The summed E-state index contributed by atoms with van der Waals surface area (Å²) in [5.74, 6) is -1.49. The van der Waals surface area contributed by atoms with Crippen LogP contribution in [0.1, 0.15) is 22.5 Å². The summed E-state index contributed by atoms with van der Waals surface area (Å²) in [6.45, 7) is 5.96. The van der Waals surface area contributed by atoms with Gasteiger partial charge >= 0.3 is 0 Å². The second-order valence-corrected chi connectivity index (χ2v) is 7.59. The van der Waals surface area contributed by atoms with Gasteiger partial charge in [0.15, 0.2) is 17.3 Å². The molecule has 0 bridgehead atoms. The number of carbonyl (C=O) groups excluding carboxylic acids is 1. The summed E-state index contributed by atoms with van der Waals surface area (Å²) in [4.78, 5) is 18.5. The van der Waals surface area contributed by atoms with Crippen molar-refractivity contribution in [3.05, 3.63) is 40.6 Å². The summed E-state index contributed by atoms with van der Waals surface area (Å²) < 4.78 is 33.8. The number of piperazine rings is 1. The van der Waals surface area contributed by atoms with Crippen LogP contribution >= 0.6 is 11.3 Å². The van der Waals surface area contributed by atoms with Gasteiger partial charge in [0.2, 0.25) is 0 Å². The van der Waals surface area contributed by atoms with E-state index in [1.807, 2.05) is 0 Å². The summed E-state index contributed by atoms with van der Waals surface area (Å²) in [5.41, 5.74) is 0.513. The Bertz CT molecular complexity index is 1020. The van der Waals surface area contributed by atoms with E-state index < -0.39 is 17.5 Å². The van der Waals surface area contributed by atoms with E-state index >= 15 is 0 Å². The van der Waals surface area contributed by atoms with Crippen LogP contribution in [0.3, 0.4) is 0 Å².